The summed E-state index contributed by atoms with van der Waals surface area (Å²) < 4.78 is 1.93. The Balaban J connectivity index is 1.87. The van der Waals surface area contributed by atoms with Gasteiger partial charge >= 0.3 is 0 Å². The van der Waals surface area contributed by atoms with Crippen LogP contribution < -0.4 is 5.73 Å². The van der Waals surface area contributed by atoms with Crippen LogP contribution in [0.25, 0.3) is 0 Å². The minimum Gasteiger partial charge on any atom is -0.399 e. The molecule has 1 aliphatic carbocycles. The number of hydrogen-bond acceptors (Lipinski definition) is 3. The molecule has 4 heteroatoms. The zero-order valence-corrected chi connectivity index (χ0v) is 12.0. The number of nitrogen functional groups attached to an aromatic ring is 1. The van der Waals surface area contributed by atoms with Crippen molar-refractivity contribution in [1.82, 2.24) is 9.78 Å². The van der Waals surface area contributed by atoms with Crippen molar-refractivity contribution < 1.29 is 5.11 Å². The van der Waals surface area contributed by atoms with Gasteiger partial charge in [-0.1, -0.05) is 6.07 Å². The minimum atomic E-state index is -0.806. The van der Waals surface area contributed by atoms with Crippen molar-refractivity contribution in [3.05, 3.63) is 47.3 Å². The third-order valence-corrected chi connectivity index (χ3v) is 4.10. The van der Waals surface area contributed by atoms with Crippen LogP contribution in [0.3, 0.4) is 0 Å². The standard InChI is InChI=1S/C16H21N3O/c1-11(2)19-8-6-14(18-19)10-16(20)7-5-12-9-13(17)3-4-15(12)16/h3-4,6,8-9,11,20H,5,7,10,17H2,1-2H3. The summed E-state index contributed by atoms with van der Waals surface area (Å²) in [6.45, 7) is 4.19. The monoisotopic (exact) mass is 271 g/mol. The second kappa shape index (κ2) is 4.63. The van der Waals surface area contributed by atoms with E-state index in [-0.39, 0.29) is 0 Å². The Morgan fingerprint density at radius 1 is 1.40 bits per heavy atom. The molecule has 1 atom stereocenters. The highest BCUT2D eigenvalue weighted by Crippen LogP contribution is 2.39. The molecule has 4 nitrogen and oxygen atoms in total. The molecule has 0 bridgehead atoms. The van der Waals surface area contributed by atoms with E-state index < -0.39 is 5.60 Å². The summed E-state index contributed by atoms with van der Waals surface area (Å²) in [4.78, 5) is 0. The van der Waals surface area contributed by atoms with E-state index in [0.717, 1.165) is 35.3 Å². The average Bonchev–Trinajstić information content (AvgIpc) is 2.96. The molecule has 2 aromatic rings. The molecule has 106 valence electrons. The molecular formula is C16H21N3O. The molecule has 0 radical (unpaired) electrons. The fourth-order valence-electron chi connectivity index (χ4n) is 2.99. The quantitative estimate of drug-likeness (QED) is 0.843. The Hall–Kier alpha value is -1.81. The molecule has 0 aliphatic heterocycles. The fraction of sp³-hybridized carbons (Fsp3) is 0.438. The summed E-state index contributed by atoms with van der Waals surface area (Å²) in [6.07, 6.45) is 4.15. The number of fused-ring (bicyclic) bond motifs is 1. The molecule has 1 aromatic carbocycles. The number of nitrogens with zero attached hydrogens (tertiary/aromatic N) is 2. The van der Waals surface area contributed by atoms with Crippen molar-refractivity contribution in [3.63, 3.8) is 0 Å². The Kier molecular flexibility index (Phi) is 3.05. The van der Waals surface area contributed by atoms with Gasteiger partial charge < -0.3 is 10.8 Å². The SMILES string of the molecule is CC(C)n1ccc(CC2(O)CCc3cc(N)ccc32)n1. The van der Waals surface area contributed by atoms with Gasteiger partial charge in [0.25, 0.3) is 0 Å². The van der Waals surface area contributed by atoms with E-state index in [4.69, 9.17) is 5.73 Å². The number of aryl methyl sites for hydroxylation is 1. The number of aliphatic hydroxyl groups is 1. The Morgan fingerprint density at radius 2 is 2.20 bits per heavy atom. The molecular weight excluding hydrogens is 250 g/mol. The summed E-state index contributed by atoms with van der Waals surface area (Å²) in [6, 6.07) is 8.13. The lowest BCUT2D eigenvalue weighted by Crippen LogP contribution is -2.25. The van der Waals surface area contributed by atoms with E-state index in [1.807, 2.05) is 35.1 Å². The van der Waals surface area contributed by atoms with Crippen LogP contribution in [0.5, 0.6) is 0 Å². The van der Waals surface area contributed by atoms with Gasteiger partial charge in [0, 0.05) is 24.3 Å². The number of rotatable bonds is 3. The molecule has 1 unspecified atom stereocenters. The number of aromatic nitrogens is 2. The minimum absolute atomic E-state index is 0.342. The van der Waals surface area contributed by atoms with Crippen LogP contribution in [0.15, 0.2) is 30.5 Å². The zero-order chi connectivity index (χ0) is 14.3. The third-order valence-electron chi connectivity index (χ3n) is 4.10. The molecule has 3 rings (SSSR count). The summed E-state index contributed by atoms with van der Waals surface area (Å²) in [7, 11) is 0. The van der Waals surface area contributed by atoms with E-state index in [1.165, 1.54) is 0 Å². The number of benzene rings is 1. The van der Waals surface area contributed by atoms with Crippen LogP contribution in [0.1, 0.15) is 43.1 Å². The Labute approximate surface area is 119 Å². The summed E-state index contributed by atoms with van der Waals surface area (Å²) in [5.74, 6) is 0. The van der Waals surface area contributed by atoms with E-state index in [1.54, 1.807) is 0 Å². The first-order valence-electron chi connectivity index (χ1n) is 7.13. The third kappa shape index (κ3) is 2.20. The first-order chi connectivity index (χ1) is 9.48. The first-order valence-corrected chi connectivity index (χ1v) is 7.13. The molecule has 1 heterocycles. The number of anilines is 1. The van der Waals surface area contributed by atoms with Gasteiger partial charge in [0.2, 0.25) is 0 Å². The topological polar surface area (TPSA) is 64.1 Å². The van der Waals surface area contributed by atoms with Gasteiger partial charge in [-0.25, -0.2) is 0 Å². The predicted octanol–water partition coefficient (Wildman–Crippen LogP) is 2.42. The van der Waals surface area contributed by atoms with Crippen molar-refractivity contribution in [3.8, 4) is 0 Å². The largest absolute Gasteiger partial charge is 0.399 e. The molecule has 1 aromatic heterocycles. The van der Waals surface area contributed by atoms with E-state index in [0.29, 0.717) is 12.5 Å². The number of hydrogen-bond donors (Lipinski definition) is 2. The molecule has 3 N–H and O–H groups in total. The lowest BCUT2D eigenvalue weighted by molar-refractivity contribution is 0.0378. The second-order valence-electron chi connectivity index (χ2n) is 6.01. The normalized spacial score (nSPS) is 21.4. The van der Waals surface area contributed by atoms with Crippen LogP contribution in [-0.4, -0.2) is 14.9 Å². The van der Waals surface area contributed by atoms with Crippen LogP contribution in [0, 0.1) is 0 Å². The molecule has 0 saturated heterocycles. The maximum Gasteiger partial charge on any atom is 0.0958 e. The van der Waals surface area contributed by atoms with Gasteiger partial charge in [-0.05, 0) is 56.0 Å². The van der Waals surface area contributed by atoms with Crippen LogP contribution in [0.4, 0.5) is 5.69 Å². The average molecular weight is 271 g/mol. The van der Waals surface area contributed by atoms with E-state index in [9.17, 15) is 5.11 Å². The Morgan fingerprint density at radius 3 is 2.90 bits per heavy atom. The summed E-state index contributed by atoms with van der Waals surface area (Å²) in [5.41, 5.74) is 8.87. The fourth-order valence-corrected chi connectivity index (χ4v) is 2.99. The van der Waals surface area contributed by atoms with Crippen molar-refractivity contribution >= 4 is 5.69 Å². The highest BCUT2D eigenvalue weighted by atomic mass is 16.3. The molecule has 0 spiro atoms. The van der Waals surface area contributed by atoms with Gasteiger partial charge in [0.15, 0.2) is 0 Å². The number of nitrogens with two attached hydrogens (primary N) is 1. The van der Waals surface area contributed by atoms with E-state index in [2.05, 4.69) is 18.9 Å². The van der Waals surface area contributed by atoms with Crippen molar-refractivity contribution in [1.29, 1.82) is 0 Å². The lowest BCUT2D eigenvalue weighted by Gasteiger charge is -2.23. The molecule has 0 saturated carbocycles. The molecule has 0 amide bonds. The van der Waals surface area contributed by atoms with Crippen molar-refractivity contribution in [2.45, 2.75) is 44.8 Å². The molecule has 1 aliphatic rings. The smallest absolute Gasteiger partial charge is 0.0958 e. The summed E-state index contributed by atoms with van der Waals surface area (Å²) >= 11 is 0. The van der Waals surface area contributed by atoms with Crippen LogP contribution in [-0.2, 0) is 18.4 Å². The highest BCUT2D eigenvalue weighted by molar-refractivity contribution is 5.49. The van der Waals surface area contributed by atoms with Crippen LogP contribution in [0.2, 0.25) is 0 Å². The second-order valence-corrected chi connectivity index (χ2v) is 6.01. The lowest BCUT2D eigenvalue weighted by atomic mass is 9.91. The van der Waals surface area contributed by atoms with Crippen molar-refractivity contribution in [2.24, 2.45) is 0 Å². The first kappa shape index (κ1) is 13.2. The van der Waals surface area contributed by atoms with Gasteiger partial charge in [0.1, 0.15) is 0 Å². The van der Waals surface area contributed by atoms with E-state index >= 15 is 0 Å². The van der Waals surface area contributed by atoms with Gasteiger partial charge in [-0.3, -0.25) is 4.68 Å². The highest BCUT2D eigenvalue weighted by Gasteiger charge is 2.37. The van der Waals surface area contributed by atoms with Gasteiger partial charge in [0.05, 0.1) is 11.3 Å². The Bertz CT molecular complexity index is 632. The van der Waals surface area contributed by atoms with Crippen LogP contribution >= 0.6 is 0 Å². The summed E-state index contributed by atoms with van der Waals surface area (Å²) in [5, 5.41) is 15.5. The zero-order valence-electron chi connectivity index (χ0n) is 12.0. The van der Waals surface area contributed by atoms with Gasteiger partial charge in [-0.2, -0.15) is 5.10 Å². The maximum atomic E-state index is 10.9. The molecule has 0 fully saturated rings. The van der Waals surface area contributed by atoms with Gasteiger partial charge in [-0.15, -0.1) is 0 Å². The predicted molar refractivity (Wildman–Crippen MR) is 79.4 cm³/mol. The maximum absolute atomic E-state index is 10.9. The molecule has 20 heavy (non-hydrogen) atoms. The van der Waals surface area contributed by atoms with Crippen molar-refractivity contribution in [2.75, 3.05) is 5.73 Å².